The van der Waals surface area contributed by atoms with Crippen molar-refractivity contribution in [2.24, 2.45) is 0 Å². The van der Waals surface area contributed by atoms with Crippen LogP contribution in [0.3, 0.4) is 0 Å². The fourth-order valence-electron chi connectivity index (χ4n) is 2.14. The van der Waals surface area contributed by atoms with Crippen LogP contribution < -0.4 is 5.32 Å². The minimum absolute atomic E-state index is 0.0499. The number of hydrogen-bond donors (Lipinski definition) is 2. The van der Waals surface area contributed by atoms with E-state index in [1.807, 2.05) is 37.3 Å². The second-order valence-corrected chi connectivity index (χ2v) is 5.25. The van der Waals surface area contributed by atoms with Crippen molar-refractivity contribution in [3.8, 4) is 5.75 Å². The largest absolute Gasteiger partial charge is 0.507 e. The summed E-state index contributed by atoms with van der Waals surface area (Å²) in [4.78, 5) is 23.8. The van der Waals surface area contributed by atoms with Gasteiger partial charge in [-0.3, -0.25) is 4.79 Å². The van der Waals surface area contributed by atoms with E-state index in [0.29, 0.717) is 5.56 Å². The van der Waals surface area contributed by atoms with Crippen molar-refractivity contribution >= 4 is 11.9 Å². The van der Waals surface area contributed by atoms with E-state index in [9.17, 15) is 14.7 Å². The first-order valence-corrected chi connectivity index (χ1v) is 7.29. The molecule has 2 rings (SSSR count). The Labute approximate surface area is 134 Å². The van der Waals surface area contributed by atoms with Gasteiger partial charge in [-0.2, -0.15) is 0 Å². The van der Waals surface area contributed by atoms with Crippen molar-refractivity contribution in [1.29, 1.82) is 0 Å². The Kier molecular flexibility index (Phi) is 5.36. The standard InChI is InChI=1S/C18H19NO4/c1-12-7-6-10-15(17(12)21)18(22)23-11-16(20)19-13(2)14-8-4-3-5-9-14/h3-10,13,21H,11H2,1-2H3,(H,19,20)/t13-/m0/s1. The fourth-order valence-corrected chi connectivity index (χ4v) is 2.14. The Morgan fingerprint density at radius 3 is 2.52 bits per heavy atom. The first-order chi connectivity index (χ1) is 11.0. The van der Waals surface area contributed by atoms with Crippen LogP contribution >= 0.6 is 0 Å². The number of ether oxygens (including phenoxy) is 1. The molecule has 2 aromatic carbocycles. The number of carbonyl (C=O) groups is 2. The van der Waals surface area contributed by atoms with Gasteiger partial charge in [0, 0.05) is 0 Å². The van der Waals surface area contributed by atoms with E-state index in [0.717, 1.165) is 5.56 Å². The number of esters is 1. The average Bonchev–Trinajstić information content (AvgIpc) is 2.56. The third-order valence-electron chi connectivity index (χ3n) is 3.47. The smallest absolute Gasteiger partial charge is 0.342 e. The van der Waals surface area contributed by atoms with Gasteiger partial charge in [-0.15, -0.1) is 0 Å². The summed E-state index contributed by atoms with van der Waals surface area (Å²) in [5.41, 5.74) is 1.58. The molecule has 0 aromatic heterocycles. The summed E-state index contributed by atoms with van der Waals surface area (Å²) in [5.74, 6) is -1.26. The molecule has 120 valence electrons. The summed E-state index contributed by atoms with van der Waals surface area (Å²) in [6, 6.07) is 14.1. The van der Waals surface area contributed by atoms with E-state index in [-0.39, 0.29) is 17.4 Å². The summed E-state index contributed by atoms with van der Waals surface area (Å²) in [7, 11) is 0. The molecule has 0 aliphatic carbocycles. The Morgan fingerprint density at radius 2 is 1.83 bits per heavy atom. The molecule has 0 radical (unpaired) electrons. The summed E-state index contributed by atoms with van der Waals surface area (Å²) in [6.07, 6.45) is 0. The second kappa shape index (κ2) is 7.45. The molecule has 0 aliphatic heterocycles. The number of aryl methyl sites for hydroxylation is 1. The Morgan fingerprint density at radius 1 is 1.13 bits per heavy atom. The maximum atomic E-state index is 11.9. The van der Waals surface area contributed by atoms with E-state index < -0.39 is 18.5 Å². The highest BCUT2D eigenvalue weighted by molar-refractivity contribution is 5.94. The average molecular weight is 313 g/mol. The first-order valence-electron chi connectivity index (χ1n) is 7.29. The van der Waals surface area contributed by atoms with E-state index in [1.54, 1.807) is 19.1 Å². The van der Waals surface area contributed by atoms with Crippen molar-refractivity contribution in [1.82, 2.24) is 5.32 Å². The Hall–Kier alpha value is -2.82. The quantitative estimate of drug-likeness (QED) is 0.832. The summed E-state index contributed by atoms with van der Waals surface area (Å²) < 4.78 is 4.95. The lowest BCUT2D eigenvalue weighted by atomic mass is 10.1. The van der Waals surface area contributed by atoms with Crippen LogP contribution in [0.5, 0.6) is 5.75 Å². The van der Waals surface area contributed by atoms with E-state index >= 15 is 0 Å². The van der Waals surface area contributed by atoms with Crippen LogP contribution in [0.15, 0.2) is 48.5 Å². The van der Waals surface area contributed by atoms with Crippen LogP contribution in [-0.4, -0.2) is 23.6 Å². The van der Waals surface area contributed by atoms with Crippen molar-refractivity contribution < 1.29 is 19.4 Å². The monoisotopic (exact) mass is 313 g/mol. The van der Waals surface area contributed by atoms with Crippen LogP contribution in [0.25, 0.3) is 0 Å². The molecule has 0 aliphatic rings. The van der Waals surface area contributed by atoms with E-state index in [2.05, 4.69) is 5.32 Å². The van der Waals surface area contributed by atoms with Crippen molar-refractivity contribution in [3.63, 3.8) is 0 Å². The number of para-hydroxylation sites is 1. The third-order valence-corrected chi connectivity index (χ3v) is 3.47. The molecule has 5 nitrogen and oxygen atoms in total. The lowest BCUT2D eigenvalue weighted by Gasteiger charge is -2.14. The molecule has 1 amide bonds. The zero-order valence-corrected chi connectivity index (χ0v) is 13.1. The van der Waals surface area contributed by atoms with Gasteiger partial charge < -0.3 is 15.2 Å². The maximum Gasteiger partial charge on any atom is 0.342 e. The molecule has 2 aromatic rings. The summed E-state index contributed by atoms with van der Waals surface area (Å²) in [5, 5.41) is 12.6. The molecule has 0 spiro atoms. The molecule has 0 heterocycles. The molecule has 23 heavy (non-hydrogen) atoms. The number of rotatable bonds is 5. The number of nitrogens with one attached hydrogen (secondary N) is 1. The topological polar surface area (TPSA) is 75.6 Å². The van der Waals surface area contributed by atoms with E-state index in [4.69, 9.17) is 4.74 Å². The summed E-state index contributed by atoms with van der Waals surface area (Å²) in [6.45, 7) is 3.13. The van der Waals surface area contributed by atoms with Crippen molar-refractivity contribution in [2.45, 2.75) is 19.9 Å². The minimum Gasteiger partial charge on any atom is -0.507 e. The normalized spacial score (nSPS) is 11.6. The third kappa shape index (κ3) is 4.32. The molecule has 2 N–H and O–H groups in total. The van der Waals surface area contributed by atoms with Crippen LogP contribution in [0.1, 0.15) is 34.5 Å². The Bertz CT molecular complexity index is 697. The number of aromatic hydroxyl groups is 1. The van der Waals surface area contributed by atoms with Gasteiger partial charge in [-0.05, 0) is 31.0 Å². The van der Waals surface area contributed by atoms with Crippen LogP contribution in [-0.2, 0) is 9.53 Å². The number of amides is 1. The van der Waals surface area contributed by atoms with E-state index in [1.165, 1.54) is 6.07 Å². The predicted octanol–water partition coefficient (Wildman–Crippen LogP) is 2.73. The summed E-state index contributed by atoms with van der Waals surface area (Å²) >= 11 is 0. The molecule has 0 bridgehead atoms. The number of phenols is 1. The van der Waals surface area contributed by atoms with Gasteiger partial charge in [0.05, 0.1) is 6.04 Å². The van der Waals surface area contributed by atoms with Gasteiger partial charge in [0.1, 0.15) is 11.3 Å². The maximum absolute atomic E-state index is 11.9. The van der Waals surface area contributed by atoms with Crippen LogP contribution in [0, 0.1) is 6.92 Å². The molecule has 0 saturated carbocycles. The zero-order chi connectivity index (χ0) is 16.8. The highest BCUT2D eigenvalue weighted by Gasteiger charge is 2.16. The molecule has 0 unspecified atom stereocenters. The highest BCUT2D eigenvalue weighted by atomic mass is 16.5. The van der Waals surface area contributed by atoms with Gasteiger partial charge in [0.2, 0.25) is 0 Å². The van der Waals surface area contributed by atoms with Gasteiger partial charge in [-0.1, -0.05) is 42.5 Å². The molecular formula is C18H19NO4. The fraction of sp³-hybridized carbons (Fsp3) is 0.222. The number of carbonyl (C=O) groups excluding carboxylic acids is 2. The van der Waals surface area contributed by atoms with Crippen molar-refractivity contribution in [3.05, 3.63) is 65.2 Å². The first kappa shape index (κ1) is 16.5. The molecular weight excluding hydrogens is 294 g/mol. The highest BCUT2D eigenvalue weighted by Crippen LogP contribution is 2.22. The lowest BCUT2D eigenvalue weighted by molar-refractivity contribution is -0.124. The van der Waals surface area contributed by atoms with Crippen LogP contribution in [0.4, 0.5) is 0 Å². The zero-order valence-electron chi connectivity index (χ0n) is 13.1. The number of benzene rings is 2. The molecule has 0 fully saturated rings. The van der Waals surface area contributed by atoms with Gasteiger partial charge in [-0.25, -0.2) is 4.79 Å². The molecule has 0 saturated heterocycles. The van der Waals surface area contributed by atoms with Crippen LogP contribution in [0.2, 0.25) is 0 Å². The second-order valence-electron chi connectivity index (χ2n) is 5.25. The van der Waals surface area contributed by atoms with Gasteiger partial charge in [0.15, 0.2) is 6.61 Å². The minimum atomic E-state index is -0.728. The Balaban J connectivity index is 1.89. The SMILES string of the molecule is Cc1cccc(C(=O)OCC(=O)N[C@@H](C)c2ccccc2)c1O. The van der Waals surface area contributed by atoms with Gasteiger partial charge in [0.25, 0.3) is 5.91 Å². The molecule has 1 atom stereocenters. The lowest BCUT2D eigenvalue weighted by Crippen LogP contribution is -2.31. The van der Waals surface area contributed by atoms with Gasteiger partial charge >= 0.3 is 5.97 Å². The predicted molar refractivity (Wildman–Crippen MR) is 86.1 cm³/mol. The number of hydrogen-bond acceptors (Lipinski definition) is 4. The van der Waals surface area contributed by atoms with Crippen molar-refractivity contribution in [2.75, 3.05) is 6.61 Å². The molecule has 5 heteroatoms. The number of phenolic OH excluding ortho intramolecular Hbond substituents is 1.